The van der Waals surface area contributed by atoms with Crippen molar-refractivity contribution in [3.63, 3.8) is 0 Å². The average molecular weight is 210 g/mol. The summed E-state index contributed by atoms with van der Waals surface area (Å²) in [6, 6.07) is 7.47. The molecule has 0 saturated heterocycles. The van der Waals surface area contributed by atoms with Gasteiger partial charge in [-0.3, -0.25) is 4.98 Å². The third kappa shape index (κ3) is 2.55. The van der Waals surface area contributed by atoms with Crippen molar-refractivity contribution in [3.05, 3.63) is 59.8 Å². The average Bonchev–Trinajstić information content (AvgIpc) is 2.38. The molecule has 4 nitrogen and oxygen atoms in total. The molecule has 0 radical (unpaired) electrons. The highest BCUT2D eigenvalue weighted by molar-refractivity contribution is 5.46. The summed E-state index contributed by atoms with van der Waals surface area (Å²) in [5.74, 6) is 0.747. The Morgan fingerprint density at radius 1 is 1.19 bits per heavy atom. The number of hydrogen-bond acceptors (Lipinski definition) is 3. The van der Waals surface area contributed by atoms with Gasteiger partial charge in [0.1, 0.15) is 5.82 Å². The van der Waals surface area contributed by atoms with Crippen molar-refractivity contribution in [3.8, 4) is 0 Å². The fourth-order valence-corrected chi connectivity index (χ4v) is 1.27. The van der Waals surface area contributed by atoms with Gasteiger partial charge in [-0.2, -0.15) is 0 Å². The molecule has 0 bridgehead atoms. The number of rotatable bonds is 3. The zero-order chi connectivity index (χ0) is 11.2. The van der Waals surface area contributed by atoms with Gasteiger partial charge in [-0.05, 0) is 5.56 Å². The first kappa shape index (κ1) is 10.1. The topological polar surface area (TPSA) is 42.2 Å². The third-order valence-corrected chi connectivity index (χ3v) is 2.10. The molecule has 4 heteroatoms. The Bertz CT molecular complexity index is 485. The Hall–Kier alpha value is -2.41. The third-order valence-electron chi connectivity index (χ3n) is 2.10. The molecule has 0 unspecified atom stereocenters. The van der Waals surface area contributed by atoms with Crippen LogP contribution in [0.25, 0.3) is 4.85 Å². The van der Waals surface area contributed by atoms with E-state index in [1.54, 1.807) is 30.7 Å². The molecule has 1 aromatic carbocycles. The van der Waals surface area contributed by atoms with Gasteiger partial charge in [0.05, 0.1) is 12.8 Å². The minimum absolute atomic E-state index is 0.656. The van der Waals surface area contributed by atoms with Crippen LogP contribution in [0.5, 0.6) is 0 Å². The first-order valence-corrected chi connectivity index (χ1v) is 4.85. The van der Waals surface area contributed by atoms with Crippen molar-refractivity contribution in [2.75, 3.05) is 5.32 Å². The molecule has 0 saturated carbocycles. The van der Waals surface area contributed by atoms with Crippen LogP contribution in [0, 0.1) is 6.57 Å². The van der Waals surface area contributed by atoms with Crippen LogP contribution in [0.4, 0.5) is 11.5 Å². The molecular formula is C12H10N4. The van der Waals surface area contributed by atoms with Crippen LogP contribution in [0.2, 0.25) is 0 Å². The first-order chi connectivity index (χ1) is 7.88. The predicted molar refractivity (Wildman–Crippen MR) is 62.1 cm³/mol. The minimum atomic E-state index is 0.656. The first-order valence-electron chi connectivity index (χ1n) is 4.85. The molecule has 0 spiro atoms. The van der Waals surface area contributed by atoms with Crippen LogP contribution in [0.3, 0.4) is 0 Å². The highest BCUT2D eigenvalue weighted by Gasteiger charge is 1.95. The molecule has 0 amide bonds. The highest BCUT2D eigenvalue weighted by Crippen LogP contribution is 2.13. The van der Waals surface area contributed by atoms with Gasteiger partial charge < -0.3 is 5.32 Å². The van der Waals surface area contributed by atoms with Gasteiger partial charge in [-0.25, -0.2) is 9.83 Å². The summed E-state index contributed by atoms with van der Waals surface area (Å²) >= 11 is 0. The van der Waals surface area contributed by atoms with E-state index in [2.05, 4.69) is 20.1 Å². The van der Waals surface area contributed by atoms with E-state index in [0.717, 1.165) is 11.4 Å². The lowest BCUT2D eigenvalue weighted by Gasteiger charge is -2.04. The van der Waals surface area contributed by atoms with Crippen LogP contribution in [0.1, 0.15) is 5.56 Å². The molecule has 0 aliphatic rings. The molecule has 16 heavy (non-hydrogen) atoms. The van der Waals surface area contributed by atoms with Crippen molar-refractivity contribution in [2.24, 2.45) is 0 Å². The quantitative estimate of drug-likeness (QED) is 0.792. The molecule has 78 valence electrons. The SMILES string of the molecule is [C-]#[N+]c1ccc(CNc2cnccn2)cc1. The molecule has 0 fully saturated rings. The van der Waals surface area contributed by atoms with E-state index in [-0.39, 0.29) is 0 Å². The molecule has 0 atom stereocenters. The van der Waals surface area contributed by atoms with E-state index >= 15 is 0 Å². The van der Waals surface area contributed by atoms with Gasteiger partial charge in [0.25, 0.3) is 0 Å². The maximum Gasteiger partial charge on any atom is 0.187 e. The Morgan fingerprint density at radius 3 is 2.62 bits per heavy atom. The summed E-state index contributed by atoms with van der Waals surface area (Å²) in [7, 11) is 0. The van der Waals surface area contributed by atoms with Crippen LogP contribution in [-0.2, 0) is 6.54 Å². The fourth-order valence-electron chi connectivity index (χ4n) is 1.27. The molecule has 2 rings (SSSR count). The molecule has 2 aromatic rings. The number of aromatic nitrogens is 2. The van der Waals surface area contributed by atoms with Gasteiger partial charge in [-0.15, -0.1) is 0 Å². The Kier molecular flexibility index (Phi) is 3.10. The second-order valence-electron chi connectivity index (χ2n) is 3.22. The van der Waals surface area contributed by atoms with Crippen molar-refractivity contribution in [2.45, 2.75) is 6.54 Å². The number of nitrogens with zero attached hydrogens (tertiary/aromatic N) is 3. The highest BCUT2D eigenvalue weighted by atomic mass is 15.0. The lowest BCUT2D eigenvalue weighted by molar-refractivity contribution is 1.09. The molecular weight excluding hydrogens is 200 g/mol. The minimum Gasteiger partial charge on any atom is -0.365 e. The lowest BCUT2D eigenvalue weighted by atomic mass is 10.2. The second kappa shape index (κ2) is 4.89. The van der Waals surface area contributed by atoms with Crippen molar-refractivity contribution in [1.29, 1.82) is 0 Å². The smallest absolute Gasteiger partial charge is 0.187 e. The summed E-state index contributed by atoms with van der Waals surface area (Å²) in [5, 5.41) is 3.15. The van der Waals surface area contributed by atoms with E-state index in [4.69, 9.17) is 6.57 Å². The van der Waals surface area contributed by atoms with Crippen LogP contribution in [0.15, 0.2) is 42.9 Å². The van der Waals surface area contributed by atoms with Gasteiger partial charge in [0.15, 0.2) is 5.69 Å². The summed E-state index contributed by atoms with van der Waals surface area (Å²) in [6.45, 7) is 7.52. The van der Waals surface area contributed by atoms with E-state index in [1.165, 1.54) is 0 Å². The van der Waals surface area contributed by atoms with Crippen molar-refractivity contribution in [1.82, 2.24) is 9.97 Å². The maximum absolute atomic E-state index is 6.84. The largest absolute Gasteiger partial charge is 0.365 e. The van der Waals surface area contributed by atoms with Gasteiger partial charge in [0, 0.05) is 18.9 Å². The van der Waals surface area contributed by atoms with Gasteiger partial charge in [0.2, 0.25) is 0 Å². The van der Waals surface area contributed by atoms with Gasteiger partial charge >= 0.3 is 0 Å². The molecule has 0 aliphatic carbocycles. The zero-order valence-corrected chi connectivity index (χ0v) is 8.59. The van der Waals surface area contributed by atoms with Crippen LogP contribution >= 0.6 is 0 Å². The molecule has 1 aromatic heterocycles. The summed E-state index contributed by atoms with van der Waals surface area (Å²) in [5.41, 5.74) is 1.77. The summed E-state index contributed by atoms with van der Waals surface area (Å²) in [6.07, 6.45) is 4.95. The maximum atomic E-state index is 6.84. The lowest BCUT2D eigenvalue weighted by Crippen LogP contribution is -2.00. The number of benzene rings is 1. The monoisotopic (exact) mass is 210 g/mol. The summed E-state index contributed by atoms with van der Waals surface area (Å²) in [4.78, 5) is 11.4. The van der Waals surface area contributed by atoms with E-state index < -0.39 is 0 Å². The Labute approximate surface area is 93.8 Å². The molecule has 1 heterocycles. The van der Waals surface area contributed by atoms with Crippen molar-refractivity contribution < 1.29 is 0 Å². The van der Waals surface area contributed by atoms with Crippen LogP contribution in [-0.4, -0.2) is 9.97 Å². The molecule has 1 N–H and O–H groups in total. The Balaban J connectivity index is 1.98. The van der Waals surface area contributed by atoms with E-state index in [1.807, 2.05) is 12.1 Å². The zero-order valence-electron chi connectivity index (χ0n) is 8.59. The fraction of sp³-hybridized carbons (Fsp3) is 0.0833. The van der Waals surface area contributed by atoms with Crippen LogP contribution < -0.4 is 5.32 Å². The summed E-state index contributed by atoms with van der Waals surface area (Å²) < 4.78 is 0. The number of hydrogen-bond donors (Lipinski definition) is 1. The standard InChI is InChI=1S/C12H10N4/c1-13-11-4-2-10(3-5-11)8-16-12-9-14-6-7-15-12/h2-7,9H,8H2,(H,15,16). The van der Waals surface area contributed by atoms with Crippen molar-refractivity contribution >= 4 is 11.5 Å². The Morgan fingerprint density at radius 2 is 2.00 bits per heavy atom. The molecule has 0 aliphatic heterocycles. The number of anilines is 1. The second-order valence-corrected chi connectivity index (χ2v) is 3.22. The normalized spacial score (nSPS) is 9.44. The number of nitrogens with one attached hydrogen (secondary N) is 1. The predicted octanol–water partition coefficient (Wildman–Crippen LogP) is 2.64. The van der Waals surface area contributed by atoms with E-state index in [9.17, 15) is 0 Å². The van der Waals surface area contributed by atoms with Gasteiger partial charge in [-0.1, -0.05) is 24.3 Å². The van der Waals surface area contributed by atoms with E-state index in [0.29, 0.717) is 12.2 Å².